The van der Waals surface area contributed by atoms with Crippen molar-refractivity contribution in [1.82, 2.24) is 25.5 Å². The first-order valence-electron chi connectivity index (χ1n) is 6.33. The average Bonchev–Trinajstić information content (AvgIpc) is 2.84. The number of aryl methyl sites for hydroxylation is 1. The zero-order valence-corrected chi connectivity index (χ0v) is 12.3. The predicted molar refractivity (Wildman–Crippen MR) is 77.1 cm³/mol. The minimum absolute atomic E-state index is 0.220. The second kappa shape index (κ2) is 6.68. The van der Waals surface area contributed by atoms with E-state index in [1.165, 1.54) is 15.3 Å². The van der Waals surface area contributed by atoms with E-state index in [1.807, 2.05) is 0 Å². The normalized spacial score (nSPS) is 12.6. The summed E-state index contributed by atoms with van der Waals surface area (Å²) in [5.74, 6) is 0.768. The van der Waals surface area contributed by atoms with Gasteiger partial charge in [0.05, 0.1) is 7.05 Å². The van der Waals surface area contributed by atoms with Gasteiger partial charge in [0.15, 0.2) is 5.82 Å². The van der Waals surface area contributed by atoms with Gasteiger partial charge in [0.25, 0.3) is 0 Å². The molecule has 1 N–H and O–H groups in total. The second-order valence-corrected chi connectivity index (χ2v) is 5.10. The molecule has 0 amide bonds. The molecule has 1 heterocycles. The molecular formula is C13H19N5S. The molecule has 0 aliphatic carbocycles. The van der Waals surface area contributed by atoms with Gasteiger partial charge in [-0.1, -0.05) is 25.1 Å². The number of nitrogens with zero attached hydrogens (tertiary/aromatic N) is 4. The van der Waals surface area contributed by atoms with Gasteiger partial charge in [0.1, 0.15) is 0 Å². The van der Waals surface area contributed by atoms with Crippen LogP contribution in [-0.2, 0) is 13.5 Å². The number of rotatable bonds is 6. The van der Waals surface area contributed by atoms with Crippen molar-refractivity contribution in [3.05, 3.63) is 35.7 Å². The SMILES string of the molecule is CCNC(Cc1nnn(C)n1)c1ccccc1SC. The molecule has 2 aromatic rings. The summed E-state index contributed by atoms with van der Waals surface area (Å²) >= 11 is 1.76. The highest BCUT2D eigenvalue weighted by Crippen LogP contribution is 2.27. The molecule has 0 bridgehead atoms. The highest BCUT2D eigenvalue weighted by Gasteiger charge is 2.16. The van der Waals surface area contributed by atoms with E-state index in [2.05, 4.69) is 58.2 Å². The van der Waals surface area contributed by atoms with E-state index >= 15 is 0 Å². The third-order valence-corrected chi connectivity index (χ3v) is 3.71. The first kappa shape index (κ1) is 14.0. The Hall–Kier alpha value is -1.40. The zero-order chi connectivity index (χ0) is 13.7. The number of hydrogen-bond donors (Lipinski definition) is 1. The molecule has 6 heteroatoms. The van der Waals surface area contributed by atoms with Crippen molar-refractivity contribution in [2.24, 2.45) is 7.05 Å². The Balaban J connectivity index is 2.23. The molecule has 0 fully saturated rings. The second-order valence-electron chi connectivity index (χ2n) is 4.25. The summed E-state index contributed by atoms with van der Waals surface area (Å²) in [5, 5.41) is 15.7. The quantitative estimate of drug-likeness (QED) is 0.816. The standard InChI is InChI=1S/C13H19N5S/c1-4-14-11(9-13-15-17-18(2)16-13)10-7-5-6-8-12(10)19-3/h5-8,11,14H,4,9H2,1-3H3. The molecule has 0 saturated carbocycles. The van der Waals surface area contributed by atoms with Crippen LogP contribution in [0, 0.1) is 0 Å². The molecule has 0 radical (unpaired) electrons. The topological polar surface area (TPSA) is 55.6 Å². The molecule has 1 unspecified atom stereocenters. The van der Waals surface area contributed by atoms with E-state index in [-0.39, 0.29) is 6.04 Å². The van der Waals surface area contributed by atoms with Crippen LogP contribution in [0.5, 0.6) is 0 Å². The zero-order valence-electron chi connectivity index (χ0n) is 11.5. The lowest BCUT2D eigenvalue weighted by molar-refractivity contribution is 0.528. The van der Waals surface area contributed by atoms with Gasteiger partial charge in [-0.2, -0.15) is 4.80 Å². The third kappa shape index (κ3) is 3.54. The van der Waals surface area contributed by atoms with Crippen molar-refractivity contribution < 1.29 is 0 Å². The summed E-state index contributed by atoms with van der Waals surface area (Å²) in [5.41, 5.74) is 1.30. The van der Waals surface area contributed by atoms with E-state index in [0.29, 0.717) is 0 Å². The maximum absolute atomic E-state index is 4.26. The molecule has 1 aromatic carbocycles. The Morgan fingerprint density at radius 2 is 2.16 bits per heavy atom. The number of aromatic nitrogens is 4. The van der Waals surface area contributed by atoms with Crippen molar-refractivity contribution >= 4 is 11.8 Å². The van der Waals surface area contributed by atoms with E-state index in [4.69, 9.17) is 0 Å². The van der Waals surface area contributed by atoms with Crippen molar-refractivity contribution in [2.75, 3.05) is 12.8 Å². The third-order valence-electron chi connectivity index (χ3n) is 2.90. The Kier molecular flexibility index (Phi) is 4.93. The summed E-state index contributed by atoms with van der Waals surface area (Å²) in [6, 6.07) is 8.67. The summed E-state index contributed by atoms with van der Waals surface area (Å²) in [4.78, 5) is 2.79. The summed E-state index contributed by atoms with van der Waals surface area (Å²) < 4.78 is 0. The van der Waals surface area contributed by atoms with Gasteiger partial charge in [-0.15, -0.1) is 22.0 Å². The largest absolute Gasteiger partial charge is 0.310 e. The minimum atomic E-state index is 0.220. The van der Waals surface area contributed by atoms with Crippen LogP contribution in [0.3, 0.4) is 0 Å². The van der Waals surface area contributed by atoms with Gasteiger partial charge in [0.2, 0.25) is 0 Å². The number of hydrogen-bond acceptors (Lipinski definition) is 5. The van der Waals surface area contributed by atoms with Crippen LogP contribution in [0.25, 0.3) is 0 Å². The van der Waals surface area contributed by atoms with Gasteiger partial charge in [-0.05, 0) is 29.6 Å². The molecule has 5 nitrogen and oxygen atoms in total. The van der Waals surface area contributed by atoms with Crippen LogP contribution >= 0.6 is 11.8 Å². The highest BCUT2D eigenvalue weighted by molar-refractivity contribution is 7.98. The lowest BCUT2D eigenvalue weighted by atomic mass is 10.0. The maximum Gasteiger partial charge on any atom is 0.176 e. The van der Waals surface area contributed by atoms with Crippen LogP contribution in [0.1, 0.15) is 24.4 Å². The van der Waals surface area contributed by atoms with Crippen LogP contribution in [0.15, 0.2) is 29.2 Å². The number of thioether (sulfide) groups is 1. The van der Waals surface area contributed by atoms with Crippen LogP contribution in [0.2, 0.25) is 0 Å². The molecule has 1 aromatic heterocycles. The van der Waals surface area contributed by atoms with E-state index in [9.17, 15) is 0 Å². The predicted octanol–water partition coefficient (Wildman–Crippen LogP) is 1.83. The molecule has 1 atom stereocenters. The van der Waals surface area contributed by atoms with Gasteiger partial charge in [0, 0.05) is 17.4 Å². The number of benzene rings is 1. The molecule has 2 rings (SSSR count). The number of likely N-dealkylation sites (N-methyl/N-ethyl adjacent to an activating group) is 1. The molecule has 0 aliphatic heterocycles. The summed E-state index contributed by atoms with van der Waals surface area (Å²) in [6.45, 7) is 3.02. The van der Waals surface area contributed by atoms with Crippen molar-refractivity contribution in [3.63, 3.8) is 0 Å². The maximum atomic E-state index is 4.26. The van der Waals surface area contributed by atoms with Crippen molar-refractivity contribution in [2.45, 2.75) is 24.3 Å². The molecule has 0 spiro atoms. The van der Waals surface area contributed by atoms with E-state index in [1.54, 1.807) is 18.8 Å². The molecule has 19 heavy (non-hydrogen) atoms. The van der Waals surface area contributed by atoms with Crippen LogP contribution in [0.4, 0.5) is 0 Å². The van der Waals surface area contributed by atoms with E-state index in [0.717, 1.165) is 18.8 Å². The van der Waals surface area contributed by atoms with Crippen molar-refractivity contribution in [3.8, 4) is 0 Å². The Morgan fingerprint density at radius 3 is 2.79 bits per heavy atom. The minimum Gasteiger partial charge on any atom is -0.310 e. The number of tetrazole rings is 1. The van der Waals surface area contributed by atoms with Crippen molar-refractivity contribution in [1.29, 1.82) is 0 Å². The summed E-state index contributed by atoms with van der Waals surface area (Å²) in [7, 11) is 1.79. The molecular weight excluding hydrogens is 258 g/mol. The highest BCUT2D eigenvalue weighted by atomic mass is 32.2. The van der Waals surface area contributed by atoms with Crippen LogP contribution in [-0.4, -0.2) is 33.0 Å². The van der Waals surface area contributed by atoms with Gasteiger partial charge >= 0.3 is 0 Å². The van der Waals surface area contributed by atoms with Gasteiger partial charge in [-0.3, -0.25) is 0 Å². The summed E-state index contributed by atoms with van der Waals surface area (Å²) in [6.07, 6.45) is 2.85. The molecule has 102 valence electrons. The van der Waals surface area contributed by atoms with Gasteiger partial charge in [-0.25, -0.2) is 0 Å². The smallest absolute Gasteiger partial charge is 0.176 e. The number of nitrogens with one attached hydrogen (secondary N) is 1. The van der Waals surface area contributed by atoms with Crippen LogP contribution < -0.4 is 5.32 Å². The van der Waals surface area contributed by atoms with Gasteiger partial charge < -0.3 is 5.32 Å². The average molecular weight is 277 g/mol. The Bertz CT molecular complexity index is 525. The monoisotopic (exact) mass is 277 g/mol. The first-order valence-corrected chi connectivity index (χ1v) is 7.56. The lowest BCUT2D eigenvalue weighted by Gasteiger charge is -2.19. The fourth-order valence-electron chi connectivity index (χ4n) is 2.08. The molecule has 0 saturated heterocycles. The first-order chi connectivity index (χ1) is 9.24. The Labute approximate surface area is 117 Å². The molecule has 0 aliphatic rings. The fourth-order valence-corrected chi connectivity index (χ4v) is 2.74. The fraction of sp³-hybridized carbons (Fsp3) is 0.462. The Morgan fingerprint density at radius 1 is 1.37 bits per heavy atom. The van der Waals surface area contributed by atoms with E-state index < -0.39 is 0 Å². The lowest BCUT2D eigenvalue weighted by Crippen LogP contribution is -2.24.